The van der Waals surface area contributed by atoms with Crippen LogP contribution in [0, 0.1) is 5.92 Å². The number of ether oxygens (including phenoxy) is 1. The molecule has 372 valence electrons. The first-order valence-electron chi connectivity index (χ1n) is 24.8. The molecule has 9 rings (SSSR count). The number of aromatic carboxylic acids is 1. The third kappa shape index (κ3) is 9.72. The minimum Gasteiger partial charge on any atom is -0.478 e. The Labute approximate surface area is 424 Å². The van der Waals surface area contributed by atoms with Gasteiger partial charge in [-0.2, -0.15) is 0 Å². The van der Waals surface area contributed by atoms with E-state index in [1.165, 1.54) is 11.3 Å². The molecule has 0 saturated carbocycles. The van der Waals surface area contributed by atoms with E-state index in [1.54, 1.807) is 42.4 Å². The van der Waals surface area contributed by atoms with Crippen LogP contribution in [-0.2, 0) is 16.0 Å². The number of hydrogen-bond acceptors (Lipinski definition) is 11. The number of allylic oxidation sites excluding steroid dienone is 2. The van der Waals surface area contributed by atoms with Crippen LogP contribution in [0.2, 0.25) is 0 Å². The summed E-state index contributed by atoms with van der Waals surface area (Å²) in [5.74, 6) is 1.60. The van der Waals surface area contributed by atoms with E-state index in [0.29, 0.717) is 78.4 Å². The quantitative estimate of drug-likeness (QED) is 0.0749. The third-order valence-electron chi connectivity index (χ3n) is 14.4. The number of thiazole rings is 1. The van der Waals surface area contributed by atoms with Crippen molar-refractivity contribution in [1.29, 1.82) is 0 Å². The molecule has 3 aromatic carbocycles. The Morgan fingerprint density at radius 3 is 2.35 bits per heavy atom. The monoisotopic (exact) mass is 996 g/mol. The number of nitrogens with zero attached hydrogens (tertiary/aromatic N) is 5. The maximum Gasteiger partial charge on any atom is 0.336 e. The number of carboxylic acid groups (broad SMARTS) is 1. The maximum absolute atomic E-state index is 14.6. The second-order valence-electron chi connectivity index (χ2n) is 21.2. The summed E-state index contributed by atoms with van der Waals surface area (Å²) in [6, 6.07) is 13.4. The molecule has 0 spiro atoms. The molecule has 3 N–H and O–H groups in total. The Kier molecular flexibility index (Phi) is 13.5. The molecule has 0 atom stereocenters. The van der Waals surface area contributed by atoms with E-state index in [9.17, 15) is 19.5 Å². The Bertz CT molecular complexity index is 3170. The van der Waals surface area contributed by atoms with Gasteiger partial charge >= 0.3 is 5.97 Å². The van der Waals surface area contributed by atoms with Crippen LogP contribution in [0.3, 0.4) is 0 Å². The van der Waals surface area contributed by atoms with Crippen LogP contribution in [0.4, 0.5) is 10.8 Å². The molecule has 6 heterocycles. The summed E-state index contributed by atoms with van der Waals surface area (Å²) in [5.41, 5.74) is 6.75. The fourth-order valence-corrected chi connectivity index (χ4v) is 12.7. The van der Waals surface area contributed by atoms with Gasteiger partial charge < -0.3 is 34.7 Å². The number of oxazole rings is 1. The molecule has 15 heteroatoms. The van der Waals surface area contributed by atoms with Crippen molar-refractivity contribution in [2.45, 2.75) is 115 Å². The van der Waals surface area contributed by atoms with Gasteiger partial charge in [0.15, 0.2) is 10.7 Å². The lowest BCUT2D eigenvalue weighted by Crippen LogP contribution is -2.49. The topological polar surface area (TPSA) is 153 Å². The van der Waals surface area contributed by atoms with Gasteiger partial charge in [-0.15, -0.1) is 11.8 Å². The molecule has 1 saturated heterocycles. The lowest BCUT2D eigenvalue weighted by Gasteiger charge is -2.43. The predicted molar refractivity (Wildman–Crippen MR) is 284 cm³/mol. The lowest BCUT2D eigenvalue weighted by atomic mass is 9.82. The normalized spacial score (nSPS) is 17.3. The van der Waals surface area contributed by atoms with Gasteiger partial charge in [0.05, 0.1) is 39.5 Å². The molecule has 2 amide bonds. The van der Waals surface area contributed by atoms with Crippen LogP contribution >= 0.6 is 23.1 Å². The summed E-state index contributed by atoms with van der Waals surface area (Å²) in [5, 5.41) is 19.5. The molecule has 0 bridgehead atoms. The first-order chi connectivity index (χ1) is 33.7. The van der Waals surface area contributed by atoms with Crippen LogP contribution in [0.5, 0.6) is 11.5 Å². The highest BCUT2D eigenvalue weighted by molar-refractivity contribution is 8.00. The Morgan fingerprint density at radius 1 is 0.930 bits per heavy atom. The van der Waals surface area contributed by atoms with E-state index in [2.05, 4.69) is 148 Å². The van der Waals surface area contributed by atoms with E-state index in [0.717, 1.165) is 67.2 Å². The summed E-state index contributed by atoms with van der Waals surface area (Å²) in [7, 11) is 0. The number of amides is 2. The van der Waals surface area contributed by atoms with Crippen LogP contribution in [0.15, 0.2) is 75.6 Å². The van der Waals surface area contributed by atoms with Crippen molar-refractivity contribution >= 4 is 68.4 Å². The van der Waals surface area contributed by atoms with Crippen LogP contribution in [0.1, 0.15) is 144 Å². The van der Waals surface area contributed by atoms with Crippen LogP contribution in [0.25, 0.3) is 16.7 Å². The van der Waals surface area contributed by atoms with Gasteiger partial charge in [0.2, 0.25) is 17.2 Å². The van der Waals surface area contributed by atoms with Gasteiger partial charge in [-0.1, -0.05) is 44.3 Å². The minimum atomic E-state index is -1.13. The number of thioether (sulfide) groups is 1. The highest BCUT2D eigenvalue weighted by Gasteiger charge is 2.37. The van der Waals surface area contributed by atoms with Gasteiger partial charge in [-0.3, -0.25) is 9.59 Å². The fourth-order valence-electron chi connectivity index (χ4n) is 10.9. The molecule has 2 aromatic heterocycles. The van der Waals surface area contributed by atoms with Gasteiger partial charge in [0, 0.05) is 95.2 Å². The van der Waals surface area contributed by atoms with Gasteiger partial charge in [-0.25, -0.2) is 19.3 Å². The molecule has 5 aromatic rings. The van der Waals surface area contributed by atoms with E-state index in [1.807, 2.05) is 0 Å². The largest absolute Gasteiger partial charge is 0.478 e. The second kappa shape index (κ2) is 19.2. The van der Waals surface area contributed by atoms with Crippen LogP contribution < -0.4 is 35.4 Å². The minimum absolute atomic E-state index is 0.0306. The van der Waals surface area contributed by atoms with Crippen molar-refractivity contribution in [3.05, 3.63) is 123 Å². The molecule has 0 radical (unpaired) electrons. The summed E-state index contributed by atoms with van der Waals surface area (Å²) in [4.78, 5) is 54.9. The van der Waals surface area contributed by atoms with Gasteiger partial charge in [0.1, 0.15) is 23.8 Å². The molecular weight excluding hydrogens is 931 g/mol. The second-order valence-corrected chi connectivity index (χ2v) is 23.5. The molecular formula is C56H66N7O6S2+. The average Bonchev–Trinajstić information content (AvgIpc) is 3.99. The number of carbonyl (C=O) groups excluding carboxylic acids is 2. The molecule has 1 fully saturated rings. The fraction of sp³-hybridized carbons (Fsp3) is 0.429. The number of likely N-dealkylation sites (tertiary alicyclic amines) is 1. The van der Waals surface area contributed by atoms with E-state index in [-0.39, 0.29) is 45.4 Å². The zero-order valence-corrected chi connectivity index (χ0v) is 44.5. The number of carboxylic acids is 1. The van der Waals surface area contributed by atoms with E-state index in [4.69, 9.17) is 9.15 Å². The SMILES string of the molecule is CCN1c2cc3c(cc2C(C)=CC1(C)C)C(c1c(C(=O)O)cccc1C(=O)NCCN1CCC(C(=O)Nc2ncc(SCc4ncc(C(C)(C)C)o4)s2)CC1)=c1cc2c(cc1O3)=[N+](CC)C(C)(C)C=C2C. The molecule has 71 heavy (non-hydrogen) atoms. The number of rotatable bonds is 13. The average molecular weight is 997 g/mol. The number of nitrogens with one attached hydrogen (secondary N) is 2. The molecule has 4 aliphatic rings. The molecule has 13 nitrogen and oxygen atoms in total. The number of anilines is 2. The molecule has 0 unspecified atom stereocenters. The number of fused-ring (bicyclic) bond motifs is 4. The molecule has 0 aliphatic carbocycles. The van der Waals surface area contributed by atoms with Crippen molar-refractivity contribution < 1.29 is 28.6 Å². The Balaban J connectivity index is 0.957. The Hall–Kier alpha value is -6.03. The van der Waals surface area contributed by atoms with Gasteiger partial charge in [0.25, 0.3) is 5.91 Å². The summed E-state index contributed by atoms with van der Waals surface area (Å²) < 4.78 is 16.2. The maximum atomic E-state index is 14.6. The number of aromatic nitrogens is 2. The Morgan fingerprint density at radius 2 is 1.66 bits per heavy atom. The standard InChI is InChI=1S/C56H65N7O6S2/c1-12-62-41-25-43-39(23-37(41)32(3)27-55(62,8)9)49(40-24-38-33(4)28-56(10,11)63(13-2)42(38)26-44(40)68-43)48-35(15-14-16-36(48)52(66)67)51(65)57-19-22-61-20-17-34(18-21-61)50(64)60-53-59-30-47(71-53)70-31-46-58-29-45(69-46)54(5,6)7/h14-16,23-30,34H,12-13,17-22,31H2,1-11H3,(H2-,57,59,60,64,65,66,67)/p+1. The number of piperidine rings is 1. The lowest BCUT2D eigenvalue weighted by molar-refractivity contribution is -0.121. The van der Waals surface area contributed by atoms with Crippen molar-refractivity contribution in [2.24, 2.45) is 5.92 Å². The van der Waals surface area contributed by atoms with Crippen molar-refractivity contribution in [3.8, 4) is 11.5 Å². The van der Waals surface area contributed by atoms with E-state index < -0.39 is 5.97 Å². The smallest absolute Gasteiger partial charge is 0.336 e. The molecule has 4 aliphatic heterocycles. The first kappa shape index (κ1) is 49.9. The summed E-state index contributed by atoms with van der Waals surface area (Å²) >= 11 is 3.02. The van der Waals surface area contributed by atoms with Crippen molar-refractivity contribution in [1.82, 2.24) is 24.8 Å². The zero-order chi connectivity index (χ0) is 50.7. The number of benzene rings is 3. The number of carbonyl (C=O) groups is 3. The third-order valence-corrected chi connectivity index (χ3v) is 16.4. The van der Waals surface area contributed by atoms with Crippen molar-refractivity contribution in [3.63, 3.8) is 0 Å². The summed E-state index contributed by atoms with van der Waals surface area (Å²) in [6.45, 7) is 27.5. The highest BCUT2D eigenvalue weighted by Crippen LogP contribution is 2.47. The number of likely N-dealkylation sites (N-methyl/N-ethyl adjacent to an activating group) is 2. The van der Waals surface area contributed by atoms with Crippen molar-refractivity contribution in [2.75, 3.05) is 49.5 Å². The highest BCUT2D eigenvalue weighted by atomic mass is 32.2. The first-order valence-corrected chi connectivity index (χ1v) is 26.6. The summed E-state index contributed by atoms with van der Waals surface area (Å²) in [6.07, 6.45) is 9.46. The van der Waals surface area contributed by atoms with Crippen LogP contribution in [-0.4, -0.2) is 88.1 Å². The zero-order valence-electron chi connectivity index (χ0n) is 42.8. The van der Waals surface area contributed by atoms with E-state index >= 15 is 0 Å². The predicted octanol–water partition coefficient (Wildman–Crippen LogP) is 9.58. The number of hydrogen-bond donors (Lipinski definition) is 3. The van der Waals surface area contributed by atoms with Gasteiger partial charge in [-0.05, 0) is 109 Å².